The van der Waals surface area contributed by atoms with Gasteiger partial charge in [-0.3, -0.25) is 0 Å². The van der Waals surface area contributed by atoms with Gasteiger partial charge < -0.3 is 9.88 Å². The van der Waals surface area contributed by atoms with Gasteiger partial charge in [0.05, 0.1) is 11.0 Å². The molecule has 0 fully saturated rings. The Morgan fingerprint density at radius 3 is 2.88 bits per heavy atom. The summed E-state index contributed by atoms with van der Waals surface area (Å²) in [5.74, 6) is 1.01. The van der Waals surface area contributed by atoms with Gasteiger partial charge >= 0.3 is 0 Å². The van der Waals surface area contributed by atoms with Gasteiger partial charge in [-0.2, -0.15) is 0 Å². The number of rotatable bonds is 3. The fourth-order valence-electron chi connectivity index (χ4n) is 1.83. The van der Waals surface area contributed by atoms with Crippen molar-refractivity contribution in [1.82, 2.24) is 14.9 Å². The lowest BCUT2D eigenvalue weighted by Crippen LogP contribution is -2.10. The highest BCUT2D eigenvalue weighted by molar-refractivity contribution is 6.32. The highest BCUT2D eigenvalue weighted by Crippen LogP contribution is 2.24. The van der Waals surface area contributed by atoms with E-state index >= 15 is 0 Å². The standard InChI is InChI=1S/C12H16ClN3/c1-8-15-11-7-10(13)9(4-5-14-2)6-12(11)16(8)3/h6-7,14H,4-5H2,1-3H3. The molecule has 1 heterocycles. The van der Waals surface area contributed by atoms with Crippen molar-refractivity contribution in [2.45, 2.75) is 13.3 Å². The molecule has 1 N–H and O–H groups in total. The minimum Gasteiger partial charge on any atom is -0.331 e. The monoisotopic (exact) mass is 237 g/mol. The number of hydrogen-bond acceptors (Lipinski definition) is 2. The van der Waals surface area contributed by atoms with E-state index in [1.807, 2.05) is 27.1 Å². The molecule has 1 aromatic carbocycles. The lowest BCUT2D eigenvalue weighted by Gasteiger charge is -2.05. The maximum atomic E-state index is 6.22. The Kier molecular flexibility index (Phi) is 3.17. The predicted molar refractivity (Wildman–Crippen MR) is 68.1 cm³/mol. The zero-order chi connectivity index (χ0) is 11.7. The van der Waals surface area contributed by atoms with E-state index in [-0.39, 0.29) is 0 Å². The van der Waals surface area contributed by atoms with Crippen molar-refractivity contribution in [3.63, 3.8) is 0 Å². The fraction of sp³-hybridized carbons (Fsp3) is 0.417. The van der Waals surface area contributed by atoms with E-state index in [1.165, 1.54) is 5.56 Å². The molecule has 0 unspecified atom stereocenters. The Morgan fingerprint density at radius 2 is 2.19 bits per heavy atom. The third-order valence-electron chi connectivity index (χ3n) is 2.92. The van der Waals surface area contributed by atoms with Gasteiger partial charge in [-0.1, -0.05) is 11.6 Å². The summed E-state index contributed by atoms with van der Waals surface area (Å²) in [6, 6.07) is 4.09. The van der Waals surface area contributed by atoms with E-state index < -0.39 is 0 Å². The molecule has 4 heteroatoms. The first-order valence-electron chi connectivity index (χ1n) is 5.39. The number of imidazole rings is 1. The van der Waals surface area contributed by atoms with Crippen LogP contribution in [0, 0.1) is 6.92 Å². The molecule has 0 spiro atoms. The maximum Gasteiger partial charge on any atom is 0.106 e. The van der Waals surface area contributed by atoms with Crippen LogP contribution in [0.25, 0.3) is 11.0 Å². The lowest BCUT2D eigenvalue weighted by atomic mass is 10.1. The Hall–Kier alpha value is -1.06. The van der Waals surface area contributed by atoms with Crippen molar-refractivity contribution in [3.05, 3.63) is 28.5 Å². The second-order valence-corrected chi connectivity index (χ2v) is 4.41. The topological polar surface area (TPSA) is 29.9 Å². The van der Waals surface area contributed by atoms with Crippen LogP contribution in [-0.4, -0.2) is 23.1 Å². The first kappa shape index (κ1) is 11.4. The van der Waals surface area contributed by atoms with E-state index in [4.69, 9.17) is 11.6 Å². The summed E-state index contributed by atoms with van der Waals surface area (Å²) in [7, 11) is 3.97. The Balaban J connectivity index is 2.51. The molecule has 3 nitrogen and oxygen atoms in total. The molecule has 2 aromatic rings. The van der Waals surface area contributed by atoms with Crippen LogP contribution in [0.15, 0.2) is 12.1 Å². The van der Waals surface area contributed by atoms with Crippen LogP contribution in [0.2, 0.25) is 5.02 Å². The van der Waals surface area contributed by atoms with Crippen LogP contribution in [0.1, 0.15) is 11.4 Å². The van der Waals surface area contributed by atoms with Crippen molar-refractivity contribution in [3.8, 4) is 0 Å². The zero-order valence-electron chi connectivity index (χ0n) is 9.84. The summed E-state index contributed by atoms with van der Waals surface area (Å²) < 4.78 is 2.09. The third-order valence-corrected chi connectivity index (χ3v) is 3.27. The van der Waals surface area contributed by atoms with Crippen LogP contribution < -0.4 is 5.32 Å². The molecule has 86 valence electrons. The number of aromatic nitrogens is 2. The number of nitrogens with one attached hydrogen (secondary N) is 1. The van der Waals surface area contributed by atoms with Gasteiger partial charge in [-0.25, -0.2) is 4.98 Å². The predicted octanol–water partition coefficient (Wildman–Crippen LogP) is 2.30. The molecular weight excluding hydrogens is 222 g/mol. The molecule has 0 saturated carbocycles. The number of hydrogen-bond donors (Lipinski definition) is 1. The van der Waals surface area contributed by atoms with Crippen molar-refractivity contribution in [1.29, 1.82) is 0 Å². The fourth-order valence-corrected chi connectivity index (χ4v) is 2.08. The highest BCUT2D eigenvalue weighted by atomic mass is 35.5. The van der Waals surface area contributed by atoms with Crippen LogP contribution in [-0.2, 0) is 13.5 Å². The second kappa shape index (κ2) is 4.44. The summed E-state index contributed by atoms with van der Waals surface area (Å²) >= 11 is 6.22. The first-order chi connectivity index (χ1) is 7.63. The van der Waals surface area contributed by atoms with Crippen LogP contribution in [0.4, 0.5) is 0 Å². The van der Waals surface area contributed by atoms with Crippen molar-refractivity contribution < 1.29 is 0 Å². The highest BCUT2D eigenvalue weighted by Gasteiger charge is 2.08. The van der Waals surface area contributed by atoms with Gasteiger partial charge in [0.15, 0.2) is 0 Å². The minimum absolute atomic E-state index is 0.806. The summed E-state index contributed by atoms with van der Waals surface area (Å²) in [4.78, 5) is 4.46. The zero-order valence-corrected chi connectivity index (χ0v) is 10.6. The summed E-state index contributed by atoms with van der Waals surface area (Å²) in [6.45, 7) is 2.93. The van der Waals surface area contributed by atoms with Crippen molar-refractivity contribution in [2.24, 2.45) is 7.05 Å². The van der Waals surface area contributed by atoms with Gasteiger partial charge in [-0.05, 0) is 44.6 Å². The SMILES string of the molecule is CNCCc1cc2c(cc1Cl)nc(C)n2C. The Labute approximate surface area is 100 Å². The van der Waals surface area contributed by atoms with Crippen LogP contribution in [0.3, 0.4) is 0 Å². The molecule has 16 heavy (non-hydrogen) atoms. The van der Waals surface area contributed by atoms with Crippen LogP contribution in [0.5, 0.6) is 0 Å². The summed E-state index contributed by atoms with van der Waals surface area (Å²) in [6.07, 6.45) is 0.940. The molecule has 0 aliphatic heterocycles. The molecule has 0 atom stereocenters. The Morgan fingerprint density at radius 1 is 1.44 bits per heavy atom. The maximum absolute atomic E-state index is 6.22. The van der Waals surface area contributed by atoms with Gasteiger partial charge in [0.1, 0.15) is 5.82 Å². The average molecular weight is 238 g/mol. The molecule has 2 rings (SSSR count). The summed E-state index contributed by atoms with van der Waals surface area (Å²) in [5.41, 5.74) is 3.29. The molecule has 0 saturated heterocycles. The van der Waals surface area contributed by atoms with Gasteiger partial charge in [0.25, 0.3) is 0 Å². The first-order valence-corrected chi connectivity index (χ1v) is 5.77. The van der Waals surface area contributed by atoms with Crippen LogP contribution >= 0.6 is 11.6 Å². The van der Waals surface area contributed by atoms with E-state index in [0.717, 1.165) is 34.8 Å². The van der Waals surface area contributed by atoms with E-state index in [9.17, 15) is 0 Å². The normalized spacial score (nSPS) is 11.2. The van der Waals surface area contributed by atoms with E-state index in [2.05, 4.69) is 20.9 Å². The minimum atomic E-state index is 0.806. The Bertz CT molecular complexity index is 516. The largest absolute Gasteiger partial charge is 0.331 e. The number of halogens is 1. The molecule has 0 bridgehead atoms. The van der Waals surface area contributed by atoms with Crippen molar-refractivity contribution in [2.75, 3.05) is 13.6 Å². The molecular formula is C12H16ClN3. The number of aryl methyl sites for hydroxylation is 2. The quantitative estimate of drug-likeness (QED) is 0.888. The molecule has 0 aliphatic rings. The number of fused-ring (bicyclic) bond motifs is 1. The molecule has 1 aromatic heterocycles. The van der Waals surface area contributed by atoms with E-state index in [0.29, 0.717) is 0 Å². The average Bonchev–Trinajstić information content (AvgIpc) is 2.52. The summed E-state index contributed by atoms with van der Waals surface area (Å²) in [5, 5.41) is 3.94. The smallest absolute Gasteiger partial charge is 0.106 e. The number of likely N-dealkylation sites (N-methyl/N-ethyl adjacent to an activating group) is 1. The number of nitrogens with zero attached hydrogens (tertiary/aromatic N) is 2. The lowest BCUT2D eigenvalue weighted by molar-refractivity contribution is 0.792. The molecule has 0 amide bonds. The van der Waals surface area contributed by atoms with Gasteiger partial charge in [0.2, 0.25) is 0 Å². The molecule has 0 radical (unpaired) electrons. The second-order valence-electron chi connectivity index (χ2n) is 4.00. The third kappa shape index (κ3) is 1.93. The molecule has 0 aliphatic carbocycles. The van der Waals surface area contributed by atoms with Gasteiger partial charge in [-0.15, -0.1) is 0 Å². The van der Waals surface area contributed by atoms with Gasteiger partial charge in [0, 0.05) is 12.1 Å². The van der Waals surface area contributed by atoms with E-state index in [1.54, 1.807) is 0 Å². The van der Waals surface area contributed by atoms with Crippen molar-refractivity contribution >= 4 is 22.6 Å². The number of benzene rings is 1.